The molecule has 0 unspecified atom stereocenters. The fourth-order valence-corrected chi connectivity index (χ4v) is 7.45. The SMILES string of the molecule is c1ccc(-c2c(-c3ccccc3)[n+](Cc3ccc4ccccc4c3)c(-c3cccc4ccccc34)n2Cc2ccc3ccccc3c2)cc1. The number of hydrogen-bond donors (Lipinski definition) is 0. The summed E-state index contributed by atoms with van der Waals surface area (Å²) in [4.78, 5) is 0. The van der Waals surface area contributed by atoms with Crippen molar-refractivity contribution in [2.45, 2.75) is 13.1 Å². The molecule has 232 valence electrons. The van der Waals surface area contributed by atoms with E-state index in [1.54, 1.807) is 0 Å². The minimum absolute atomic E-state index is 0.720. The van der Waals surface area contributed by atoms with Gasteiger partial charge < -0.3 is 0 Å². The van der Waals surface area contributed by atoms with Crippen LogP contribution in [0, 0.1) is 0 Å². The molecule has 8 aromatic carbocycles. The fourth-order valence-electron chi connectivity index (χ4n) is 7.45. The van der Waals surface area contributed by atoms with Crippen molar-refractivity contribution in [1.82, 2.24) is 4.57 Å². The highest BCUT2D eigenvalue weighted by molar-refractivity contribution is 5.95. The van der Waals surface area contributed by atoms with Crippen LogP contribution in [0.1, 0.15) is 11.1 Å². The molecule has 1 heterocycles. The lowest BCUT2D eigenvalue weighted by Gasteiger charge is -2.11. The summed E-state index contributed by atoms with van der Waals surface area (Å²) in [6, 6.07) is 68.5. The summed E-state index contributed by atoms with van der Waals surface area (Å²) in [6.07, 6.45) is 0. The van der Waals surface area contributed by atoms with E-state index in [1.807, 2.05) is 0 Å². The average molecular weight is 628 g/mol. The summed E-state index contributed by atoms with van der Waals surface area (Å²) >= 11 is 0. The Morgan fingerprint density at radius 1 is 0.408 bits per heavy atom. The average Bonchev–Trinajstić information content (AvgIpc) is 3.47. The predicted molar refractivity (Wildman–Crippen MR) is 205 cm³/mol. The maximum Gasteiger partial charge on any atom is 0.291 e. The standard InChI is InChI=1S/C47H35N2/c1-3-17-39(18-4-1)45-46(40-19-5-2-6-20-40)49(33-35-27-29-37-15-8-10-22-42(37)31-35)47(44-25-13-23-38-16-11-12-24-43(38)44)48(45)32-34-26-28-36-14-7-9-21-41(36)30-34/h1-31H,32-33H2/q+1. The highest BCUT2D eigenvalue weighted by atomic mass is 15.2. The van der Waals surface area contributed by atoms with Gasteiger partial charge in [-0.05, 0) is 61.6 Å². The van der Waals surface area contributed by atoms with Crippen molar-refractivity contribution >= 4 is 32.3 Å². The minimum Gasteiger partial charge on any atom is -0.218 e. The second-order valence-corrected chi connectivity index (χ2v) is 12.8. The van der Waals surface area contributed by atoms with E-state index in [0.29, 0.717) is 0 Å². The Labute approximate surface area is 286 Å². The number of benzene rings is 8. The van der Waals surface area contributed by atoms with Gasteiger partial charge in [-0.2, -0.15) is 0 Å². The third-order valence-corrected chi connectivity index (χ3v) is 9.71. The molecule has 0 bridgehead atoms. The lowest BCUT2D eigenvalue weighted by Crippen LogP contribution is -2.38. The first-order valence-corrected chi connectivity index (χ1v) is 17.0. The Balaban J connectivity index is 1.39. The summed E-state index contributed by atoms with van der Waals surface area (Å²) in [5, 5.41) is 7.51. The van der Waals surface area contributed by atoms with Crippen molar-refractivity contribution in [2.75, 3.05) is 0 Å². The van der Waals surface area contributed by atoms with E-state index in [-0.39, 0.29) is 0 Å². The Morgan fingerprint density at radius 3 is 1.63 bits per heavy atom. The zero-order chi connectivity index (χ0) is 32.6. The largest absolute Gasteiger partial charge is 0.291 e. The van der Waals surface area contributed by atoms with E-state index < -0.39 is 0 Å². The predicted octanol–water partition coefficient (Wildman–Crippen LogP) is 11.3. The van der Waals surface area contributed by atoms with Gasteiger partial charge in [0.15, 0.2) is 11.4 Å². The monoisotopic (exact) mass is 627 g/mol. The molecule has 0 aliphatic rings. The number of aromatic nitrogens is 2. The fraction of sp³-hybridized carbons (Fsp3) is 0.0426. The Bertz CT molecular complexity index is 2450. The van der Waals surface area contributed by atoms with Crippen molar-refractivity contribution in [3.05, 3.63) is 199 Å². The van der Waals surface area contributed by atoms with E-state index in [4.69, 9.17) is 0 Å². The maximum atomic E-state index is 2.57. The molecular formula is C47H35N2+. The van der Waals surface area contributed by atoms with Gasteiger partial charge in [0.25, 0.3) is 5.82 Å². The number of fused-ring (bicyclic) bond motifs is 3. The highest BCUT2D eigenvalue weighted by Crippen LogP contribution is 2.38. The quantitative estimate of drug-likeness (QED) is 0.156. The highest BCUT2D eigenvalue weighted by Gasteiger charge is 2.34. The van der Waals surface area contributed by atoms with E-state index >= 15 is 0 Å². The van der Waals surface area contributed by atoms with Crippen molar-refractivity contribution in [2.24, 2.45) is 0 Å². The van der Waals surface area contributed by atoms with E-state index in [0.717, 1.165) is 13.1 Å². The van der Waals surface area contributed by atoms with Gasteiger partial charge >= 0.3 is 0 Å². The topological polar surface area (TPSA) is 8.81 Å². The summed E-state index contributed by atoms with van der Waals surface area (Å²) in [6.45, 7) is 1.44. The summed E-state index contributed by atoms with van der Waals surface area (Å²) < 4.78 is 5.15. The molecule has 0 saturated heterocycles. The molecule has 0 saturated carbocycles. The van der Waals surface area contributed by atoms with Crippen molar-refractivity contribution < 1.29 is 4.57 Å². The molecule has 0 fully saturated rings. The normalized spacial score (nSPS) is 11.4. The first kappa shape index (κ1) is 28.9. The number of hydrogen-bond acceptors (Lipinski definition) is 0. The lowest BCUT2D eigenvalue weighted by molar-refractivity contribution is -0.665. The van der Waals surface area contributed by atoms with Crippen LogP contribution in [0.25, 0.3) is 66.2 Å². The molecule has 1 aromatic heterocycles. The first-order valence-electron chi connectivity index (χ1n) is 17.0. The van der Waals surface area contributed by atoms with Gasteiger partial charge in [0.1, 0.15) is 13.1 Å². The molecule has 0 aliphatic carbocycles. The molecular weight excluding hydrogens is 593 g/mol. The molecule has 0 aliphatic heterocycles. The van der Waals surface area contributed by atoms with Gasteiger partial charge in [0, 0.05) is 11.1 Å². The number of rotatable bonds is 7. The molecule has 9 rings (SSSR count). The van der Waals surface area contributed by atoms with E-state index in [1.165, 1.54) is 77.3 Å². The van der Waals surface area contributed by atoms with Crippen LogP contribution in [-0.2, 0) is 13.1 Å². The molecule has 0 spiro atoms. The smallest absolute Gasteiger partial charge is 0.218 e. The van der Waals surface area contributed by atoms with Crippen LogP contribution in [0.4, 0.5) is 0 Å². The van der Waals surface area contributed by atoms with Crippen LogP contribution < -0.4 is 4.57 Å². The molecule has 0 N–H and O–H groups in total. The van der Waals surface area contributed by atoms with Crippen molar-refractivity contribution in [1.29, 1.82) is 0 Å². The molecule has 2 nitrogen and oxygen atoms in total. The van der Waals surface area contributed by atoms with Gasteiger partial charge in [0.2, 0.25) is 0 Å². The van der Waals surface area contributed by atoms with Crippen LogP contribution in [0.5, 0.6) is 0 Å². The van der Waals surface area contributed by atoms with Gasteiger partial charge in [0.05, 0.1) is 5.56 Å². The van der Waals surface area contributed by atoms with E-state index in [2.05, 4.69) is 197 Å². The second kappa shape index (κ2) is 12.4. The van der Waals surface area contributed by atoms with Gasteiger partial charge in [-0.3, -0.25) is 0 Å². The number of nitrogens with zero attached hydrogens (tertiary/aromatic N) is 2. The minimum atomic E-state index is 0.720. The van der Waals surface area contributed by atoms with Gasteiger partial charge in [-0.1, -0.05) is 170 Å². The summed E-state index contributed by atoms with van der Waals surface area (Å²) in [7, 11) is 0. The first-order chi connectivity index (χ1) is 24.3. The Morgan fingerprint density at radius 2 is 0.939 bits per heavy atom. The molecule has 9 aromatic rings. The van der Waals surface area contributed by atoms with Crippen LogP contribution in [-0.4, -0.2) is 4.57 Å². The zero-order valence-electron chi connectivity index (χ0n) is 27.2. The van der Waals surface area contributed by atoms with Crippen LogP contribution in [0.2, 0.25) is 0 Å². The summed E-state index contributed by atoms with van der Waals surface area (Å²) in [5.74, 6) is 1.19. The molecule has 0 radical (unpaired) electrons. The van der Waals surface area contributed by atoms with Crippen LogP contribution in [0.15, 0.2) is 188 Å². The lowest BCUT2D eigenvalue weighted by atomic mass is 10.0. The summed E-state index contributed by atoms with van der Waals surface area (Å²) in [5.41, 5.74) is 8.57. The third-order valence-electron chi connectivity index (χ3n) is 9.71. The van der Waals surface area contributed by atoms with E-state index in [9.17, 15) is 0 Å². The third kappa shape index (κ3) is 5.38. The maximum absolute atomic E-state index is 2.57. The van der Waals surface area contributed by atoms with Crippen LogP contribution in [0.3, 0.4) is 0 Å². The van der Waals surface area contributed by atoms with Gasteiger partial charge in [-0.15, -0.1) is 0 Å². The molecule has 0 atom stereocenters. The Kier molecular flexibility index (Phi) is 7.33. The second-order valence-electron chi connectivity index (χ2n) is 12.8. The molecule has 49 heavy (non-hydrogen) atoms. The zero-order valence-corrected chi connectivity index (χ0v) is 27.2. The Hall–Kier alpha value is -6.25. The number of imidazole rings is 1. The van der Waals surface area contributed by atoms with Gasteiger partial charge in [-0.25, -0.2) is 9.13 Å². The van der Waals surface area contributed by atoms with Crippen molar-refractivity contribution in [3.63, 3.8) is 0 Å². The van der Waals surface area contributed by atoms with Crippen molar-refractivity contribution in [3.8, 4) is 33.9 Å². The van der Waals surface area contributed by atoms with Crippen LogP contribution >= 0.6 is 0 Å². The molecule has 2 heteroatoms. The molecule has 0 amide bonds.